The number of ether oxygens (including phenoxy) is 1. The molecule has 8 heteroatoms. The van der Waals surface area contributed by atoms with E-state index in [0.29, 0.717) is 5.88 Å². The van der Waals surface area contributed by atoms with Crippen molar-refractivity contribution in [2.45, 2.75) is 38.4 Å². The summed E-state index contributed by atoms with van der Waals surface area (Å²) in [7, 11) is 1.60. The summed E-state index contributed by atoms with van der Waals surface area (Å²) in [6, 6.07) is 10.7. The van der Waals surface area contributed by atoms with Crippen molar-refractivity contribution in [1.29, 1.82) is 0 Å². The van der Waals surface area contributed by atoms with Gasteiger partial charge in [-0.25, -0.2) is 0 Å². The second kappa shape index (κ2) is 10.7. The highest BCUT2D eigenvalue weighted by Crippen LogP contribution is 2.18. The summed E-state index contributed by atoms with van der Waals surface area (Å²) in [4.78, 5) is 28.5. The van der Waals surface area contributed by atoms with Crippen LogP contribution in [0.1, 0.15) is 25.3 Å². The van der Waals surface area contributed by atoms with Crippen LogP contribution < -0.4 is 15.0 Å². The Hall–Kier alpha value is -2.71. The Morgan fingerprint density at radius 1 is 1.09 bits per heavy atom. The standard InChI is InChI=1S/C24H34N6O2/c1-19(29-12-14-30(15-13-29)22-16-25-17-23(27-22)32-2)24(31)26-21-8-10-28(11-9-21)18-20-6-4-3-5-7-20/h3-7,16-17,19,21H,8-15,18H2,1-2H3,(H,26,31). The van der Waals surface area contributed by atoms with E-state index in [1.807, 2.05) is 6.92 Å². The number of rotatable bonds is 7. The minimum atomic E-state index is -0.129. The van der Waals surface area contributed by atoms with Gasteiger partial charge in [-0.3, -0.25) is 19.6 Å². The number of piperidine rings is 1. The van der Waals surface area contributed by atoms with Crippen molar-refractivity contribution in [2.75, 3.05) is 51.3 Å². The molecule has 4 rings (SSSR count). The average molecular weight is 439 g/mol. The molecule has 2 aliphatic rings. The highest BCUT2D eigenvalue weighted by atomic mass is 16.5. The quantitative estimate of drug-likeness (QED) is 0.706. The minimum Gasteiger partial charge on any atom is -0.480 e. The molecule has 0 radical (unpaired) electrons. The van der Waals surface area contributed by atoms with E-state index >= 15 is 0 Å². The van der Waals surface area contributed by atoms with Crippen molar-refractivity contribution in [2.24, 2.45) is 0 Å². The first-order chi connectivity index (χ1) is 15.6. The zero-order valence-electron chi connectivity index (χ0n) is 19.1. The lowest BCUT2D eigenvalue weighted by molar-refractivity contribution is -0.127. The van der Waals surface area contributed by atoms with Crippen molar-refractivity contribution >= 4 is 11.7 Å². The van der Waals surface area contributed by atoms with Crippen LogP contribution in [0.2, 0.25) is 0 Å². The van der Waals surface area contributed by atoms with Gasteiger partial charge in [0.05, 0.1) is 25.5 Å². The minimum absolute atomic E-state index is 0.129. The summed E-state index contributed by atoms with van der Waals surface area (Å²) < 4.78 is 5.18. The molecule has 2 fully saturated rings. The van der Waals surface area contributed by atoms with Crippen molar-refractivity contribution in [3.8, 4) is 5.88 Å². The number of amides is 1. The summed E-state index contributed by atoms with van der Waals surface area (Å²) in [6.07, 6.45) is 5.39. The van der Waals surface area contributed by atoms with Crippen LogP contribution in [0.4, 0.5) is 5.82 Å². The van der Waals surface area contributed by atoms with Gasteiger partial charge in [0, 0.05) is 51.9 Å². The molecule has 1 unspecified atom stereocenters. The molecule has 3 heterocycles. The van der Waals surface area contributed by atoms with Crippen molar-refractivity contribution < 1.29 is 9.53 Å². The molecule has 2 aromatic rings. The topological polar surface area (TPSA) is 73.8 Å². The lowest BCUT2D eigenvalue weighted by atomic mass is 10.0. The van der Waals surface area contributed by atoms with E-state index < -0.39 is 0 Å². The van der Waals surface area contributed by atoms with Crippen LogP contribution in [-0.4, -0.2) is 84.1 Å². The van der Waals surface area contributed by atoms with Crippen molar-refractivity contribution in [1.82, 2.24) is 25.1 Å². The van der Waals surface area contributed by atoms with Gasteiger partial charge in [0.2, 0.25) is 11.8 Å². The fourth-order valence-electron chi connectivity index (χ4n) is 4.49. The number of carbonyl (C=O) groups is 1. The Kier molecular flexibility index (Phi) is 7.55. The lowest BCUT2D eigenvalue weighted by Gasteiger charge is -2.39. The maximum absolute atomic E-state index is 12.9. The Morgan fingerprint density at radius 3 is 2.50 bits per heavy atom. The summed E-state index contributed by atoms with van der Waals surface area (Å²) in [5, 5.41) is 3.30. The number of piperazine rings is 1. The molecule has 32 heavy (non-hydrogen) atoms. The molecular formula is C24H34N6O2. The molecule has 0 bridgehead atoms. The van der Waals surface area contributed by atoms with Gasteiger partial charge < -0.3 is 15.0 Å². The van der Waals surface area contributed by atoms with Crippen LogP contribution >= 0.6 is 0 Å². The molecule has 1 aromatic heterocycles. The maximum Gasteiger partial charge on any atom is 0.237 e. The van der Waals surface area contributed by atoms with E-state index in [1.54, 1.807) is 19.5 Å². The van der Waals surface area contributed by atoms with Gasteiger partial charge in [0.25, 0.3) is 0 Å². The van der Waals surface area contributed by atoms with Gasteiger partial charge in [-0.1, -0.05) is 30.3 Å². The average Bonchev–Trinajstić information content (AvgIpc) is 2.85. The lowest BCUT2D eigenvalue weighted by Crippen LogP contribution is -2.56. The fourth-order valence-corrected chi connectivity index (χ4v) is 4.49. The normalized spacial score (nSPS) is 19.5. The third-order valence-corrected chi connectivity index (χ3v) is 6.56. The summed E-state index contributed by atoms with van der Waals surface area (Å²) in [5.74, 6) is 1.48. The second-order valence-electron chi connectivity index (χ2n) is 8.66. The molecule has 8 nitrogen and oxygen atoms in total. The van der Waals surface area contributed by atoms with E-state index in [4.69, 9.17) is 4.74 Å². The highest BCUT2D eigenvalue weighted by molar-refractivity contribution is 5.81. The predicted molar refractivity (Wildman–Crippen MR) is 125 cm³/mol. The van der Waals surface area contributed by atoms with Crippen LogP contribution in [0.25, 0.3) is 0 Å². The molecule has 1 aromatic carbocycles. The molecule has 2 saturated heterocycles. The van der Waals surface area contributed by atoms with Gasteiger partial charge in [0.15, 0.2) is 5.82 Å². The highest BCUT2D eigenvalue weighted by Gasteiger charge is 2.28. The van der Waals surface area contributed by atoms with Crippen molar-refractivity contribution in [3.05, 3.63) is 48.3 Å². The third-order valence-electron chi connectivity index (χ3n) is 6.56. The summed E-state index contributed by atoms with van der Waals surface area (Å²) >= 11 is 0. The zero-order chi connectivity index (χ0) is 22.3. The Balaban J connectivity index is 1.20. The number of aromatic nitrogens is 2. The molecular weight excluding hydrogens is 404 g/mol. The molecule has 1 N–H and O–H groups in total. The van der Waals surface area contributed by atoms with Gasteiger partial charge in [-0.2, -0.15) is 4.98 Å². The number of methoxy groups -OCH3 is 1. The third kappa shape index (κ3) is 5.75. The van der Waals surface area contributed by atoms with E-state index in [2.05, 4.69) is 60.3 Å². The number of hydrogen-bond donors (Lipinski definition) is 1. The number of benzene rings is 1. The predicted octanol–water partition coefficient (Wildman–Crippen LogP) is 1.78. The fraction of sp³-hybridized carbons (Fsp3) is 0.542. The number of carbonyl (C=O) groups excluding carboxylic acids is 1. The monoisotopic (exact) mass is 438 g/mol. The van der Waals surface area contributed by atoms with Crippen molar-refractivity contribution in [3.63, 3.8) is 0 Å². The number of likely N-dealkylation sites (tertiary alicyclic amines) is 1. The zero-order valence-corrected chi connectivity index (χ0v) is 19.1. The van der Waals surface area contributed by atoms with Crippen LogP contribution in [-0.2, 0) is 11.3 Å². The molecule has 0 aliphatic carbocycles. The van der Waals surface area contributed by atoms with Crippen LogP contribution in [0, 0.1) is 0 Å². The van der Waals surface area contributed by atoms with Crippen LogP contribution in [0.15, 0.2) is 42.7 Å². The van der Waals surface area contributed by atoms with E-state index in [1.165, 1.54) is 5.56 Å². The van der Waals surface area contributed by atoms with Gasteiger partial charge in [-0.05, 0) is 25.3 Å². The Labute approximate surface area is 190 Å². The van der Waals surface area contributed by atoms with Gasteiger partial charge >= 0.3 is 0 Å². The number of nitrogens with zero attached hydrogens (tertiary/aromatic N) is 5. The number of nitrogens with one attached hydrogen (secondary N) is 1. The molecule has 0 saturated carbocycles. The van der Waals surface area contributed by atoms with Gasteiger partial charge in [-0.15, -0.1) is 0 Å². The Morgan fingerprint density at radius 2 is 1.81 bits per heavy atom. The molecule has 172 valence electrons. The van der Waals surface area contributed by atoms with Gasteiger partial charge in [0.1, 0.15) is 0 Å². The van der Waals surface area contributed by atoms with Crippen LogP contribution in [0.3, 0.4) is 0 Å². The first kappa shape index (κ1) is 22.5. The second-order valence-corrected chi connectivity index (χ2v) is 8.66. The summed E-state index contributed by atoms with van der Waals surface area (Å²) in [6.45, 7) is 8.32. The van der Waals surface area contributed by atoms with E-state index in [9.17, 15) is 4.79 Å². The first-order valence-corrected chi connectivity index (χ1v) is 11.5. The number of hydrogen-bond acceptors (Lipinski definition) is 7. The smallest absolute Gasteiger partial charge is 0.237 e. The van der Waals surface area contributed by atoms with Crippen LogP contribution in [0.5, 0.6) is 5.88 Å². The Bertz CT molecular complexity index is 864. The van der Waals surface area contributed by atoms with E-state index in [-0.39, 0.29) is 18.0 Å². The molecule has 1 amide bonds. The maximum atomic E-state index is 12.9. The molecule has 0 spiro atoms. The number of anilines is 1. The summed E-state index contributed by atoms with van der Waals surface area (Å²) in [5.41, 5.74) is 1.35. The molecule has 2 aliphatic heterocycles. The SMILES string of the molecule is COc1cncc(N2CCN(C(C)C(=O)NC3CCN(Cc4ccccc4)CC3)CC2)n1. The molecule has 1 atom stereocenters. The van der Waals surface area contributed by atoms with E-state index in [0.717, 1.165) is 64.5 Å². The largest absolute Gasteiger partial charge is 0.480 e. The first-order valence-electron chi connectivity index (χ1n) is 11.5.